The molecule has 1 aliphatic carbocycles. The second-order valence-electron chi connectivity index (χ2n) is 11.0. The van der Waals surface area contributed by atoms with Crippen LogP contribution >= 0.6 is 46.4 Å². The summed E-state index contributed by atoms with van der Waals surface area (Å²) in [6, 6.07) is 20.7. The minimum absolute atomic E-state index is 0.111. The fourth-order valence-corrected chi connectivity index (χ4v) is 6.83. The van der Waals surface area contributed by atoms with E-state index in [-0.39, 0.29) is 17.8 Å². The molecule has 4 aromatic carbocycles. The number of allylic oxidation sites excluding steroid dienone is 1. The smallest absolute Gasteiger partial charge is 0.162 e. The molecule has 1 N–H and O–H groups in total. The molecule has 0 amide bonds. The lowest BCUT2D eigenvalue weighted by atomic mass is 9.68. The van der Waals surface area contributed by atoms with Gasteiger partial charge in [0.25, 0.3) is 0 Å². The third-order valence-corrected chi connectivity index (χ3v) is 8.56. The van der Waals surface area contributed by atoms with E-state index in [9.17, 15) is 4.79 Å². The number of Topliss-reactive ketones (excluding diaryl/α,β-unsaturated/α-hetero) is 1. The van der Waals surface area contributed by atoms with Crippen LogP contribution in [0, 0.1) is 5.41 Å². The average Bonchev–Trinajstić information content (AvgIpc) is 2.87. The second-order valence-corrected chi connectivity index (χ2v) is 12.6. The van der Waals surface area contributed by atoms with Crippen molar-refractivity contribution in [2.24, 2.45) is 5.41 Å². The topological polar surface area (TPSA) is 38.3 Å². The number of hydrogen-bond donors (Lipinski definition) is 1. The first kappa shape index (κ1) is 26.5. The monoisotopic (exact) mass is 595 g/mol. The fourth-order valence-electron chi connectivity index (χ4n) is 5.81. The van der Waals surface area contributed by atoms with Gasteiger partial charge in [-0.15, -0.1) is 0 Å². The van der Waals surface area contributed by atoms with Crippen LogP contribution in [0.5, 0.6) is 5.75 Å². The van der Waals surface area contributed by atoms with Crippen molar-refractivity contribution in [1.29, 1.82) is 0 Å². The Morgan fingerprint density at radius 1 is 0.897 bits per heavy atom. The molecule has 0 aromatic heterocycles. The molecule has 7 heteroatoms. The van der Waals surface area contributed by atoms with E-state index < -0.39 is 6.04 Å². The van der Waals surface area contributed by atoms with Gasteiger partial charge in [-0.3, -0.25) is 4.79 Å². The fraction of sp³-hybridized carbons (Fsp3) is 0.219. The summed E-state index contributed by atoms with van der Waals surface area (Å²) in [5, 5.41) is 7.78. The number of carbonyl (C=O) groups excluding carboxylic acids is 1. The van der Waals surface area contributed by atoms with Gasteiger partial charge in [0.05, 0.1) is 11.1 Å². The van der Waals surface area contributed by atoms with Crippen LogP contribution in [-0.4, -0.2) is 5.78 Å². The summed E-state index contributed by atoms with van der Waals surface area (Å²) < 4.78 is 6.31. The molecule has 6 rings (SSSR count). The molecule has 198 valence electrons. The first-order chi connectivity index (χ1) is 18.6. The van der Waals surface area contributed by atoms with E-state index in [0.717, 1.165) is 45.2 Å². The largest absolute Gasteiger partial charge is 0.487 e. The summed E-state index contributed by atoms with van der Waals surface area (Å²) >= 11 is 25.7. The first-order valence-electron chi connectivity index (χ1n) is 12.7. The van der Waals surface area contributed by atoms with Gasteiger partial charge in [0.15, 0.2) is 5.78 Å². The lowest BCUT2D eigenvalue weighted by molar-refractivity contribution is -0.118. The zero-order valence-corrected chi connectivity index (χ0v) is 24.4. The molecular formula is C32H25Cl4NO2. The van der Waals surface area contributed by atoms with E-state index in [4.69, 9.17) is 51.1 Å². The molecule has 0 saturated heterocycles. The zero-order chi connectivity index (χ0) is 27.5. The molecule has 1 heterocycles. The van der Waals surface area contributed by atoms with E-state index in [0.29, 0.717) is 37.8 Å². The van der Waals surface area contributed by atoms with Crippen molar-refractivity contribution in [3.8, 4) is 5.75 Å². The van der Waals surface area contributed by atoms with Crippen molar-refractivity contribution in [2.75, 3.05) is 5.32 Å². The van der Waals surface area contributed by atoms with Crippen molar-refractivity contribution in [1.82, 2.24) is 0 Å². The van der Waals surface area contributed by atoms with E-state index in [1.165, 1.54) is 0 Å². The van der Waals surface area contributed by atoms with E-state index in [1.54, 1.807) is 18.2 Å². The summed E-state index contributed by atoms with van der Waals surface area (Å²) in [6.45, 7) is 4.47. The Hall–Kier alpha value is -2.69. The molecule has 0 saturated carbocycles. The number of anilines is 1. The molecule has 0 spiro atoms. The first-order valence-corrected chi connectivity index (χ1v) is 14.2. The van der Waals surface area contributed by atoms with Crippen LogP contribution in [-0.2, 0) is 11.4 Å². The SMILES string of the molecule is CC1(C)CC(=O)C2=C(C1)c1c(ccc3ccccc13)NC2c1cc(Cl)cc(Cl)c1OCc1ccc(Cl)cc1Cl. The maximum atomic E-state index is 13.9. The second kappa shape index (κ2) is 10.1. The summed E-state index contributed by atoms with van der Waals surface area (Å²) in [7, 11) is 0. The lowest BCUT2D eigenvalue weighted by Crippen LogP contribution is -2.33. The Kier molecular flexibility index (Phi) is 6.84. The number of halogens is 4. The molecule has 0 bridgehead atoms. The van der Waals surface area contributed by atoms with Crippen LogP contribution < -0.4 is 10.1 Å². The van der Waals surface area contributed by atoms with Crippen molar-refractivity contribution >= 4 is 74.2 Å². The highest BCUT2D eigenvalue weighted by Crippen LogP contribution is 2.53. The quantitative estimate of drug-likeness (QED) is 0.255. The van der Waals surface area contributed by atoms with Crippen molar-refractivity contribution < 1.29 is 9.53 Å². The number of ether oxygens (including phenoxy) is 1. The van der Waals surface area contributed by atoms with Crippen LogP contribution in [0.1, 0.15) is 49.4 Å². The van der Waals surface area contributed by atoms with Gasteiger partial charge in [-0.2, -0.15) is 0 Å². The Balaban J connectivity index is 1.52. The highest BCUT2D eigenvalue weighted by atomic mass is 35.5. The molecule has 4 aromatic rings. The number of hydrogen-bond acceptors (Lipinski definition) is 3. The van der Waals surface area contributed by atoms with Gasteiger partial charge < -0.3 is 10.1 Å². The predicted octanol–water partition coefficient (Wildman–Crippen LogP) is 10.3. The number of rotatable bonds is 4. The van der Waals surface area contributed by atoms with E-state index >= 15 is 0 Å². The minimum Gasteiger partial charge on any atom is -0.487 e. The van der Waals surface area contributed by atoms with Crippen LogP contribution in [0.4, 0.5) is 5.69 Å². The predicted molar refractivity (Wildman–Crippen MR) is 163 cm³/mol. The van der Waals surface area contributed by atoms with Gasteiger partial charge in [0.1, 0.15) is 12.4 Å². The third kappa shape index (κ3) is 4.91. The van der Waals surface area contributed by atoms with Crippen molar-refractivity contribution in [3.05, 3.63) is 109 Å². The Morgan fingerprint density at radius 3 is 2.46 bits per heavy atom. The minimum atomic E-state index is -0.482. The number of nitrogens with one attached hydrogen (secondary N) is 1. The lowest BCUT2D eigenvalue weighted by Gasteiger charge is -2.40. The molecule has 1 aliphatic heterocycles. The highest BCUT2D eigenvalue weighted by Gasteiger charge is 2.42. The van der Waals surface area contributed by atoms with Crippen molar-refractivity contribution in [2.45, 2.75) is 39.3 Å². The summed E-state index contributed by atoms with van der Waals surface area (Å²) in [4.78, 5) is 13.9. The molecule has 0 fully saturated rings. The molecule has 1 atom stereocenters. The standard InChI is InChI=1S/C32H25Cl4NO2/c1-32(2)14-23-28-21-6-4-3-5-17(21)8-10-26(28)37-30(29(23)27(38)15-32)22-11-20(34)13-25(36)31(22)39-16-18-7-9-19(33)12-24(18)35/h3-13,30,37H,14-16H2,1-2H3. The average molecular weight is 597 g/mol. The van der Waals surface area contributed by atoms with Gasteiger partial charge in [-0.05, 0) is 58.5 Å². The van der Waals surface area contributed by atoms with Crippen LogP contribution in [0.25, 0.3) is 16.3 Å². The van der Waals surface area contributed by atoms with E-state index in [2.05, 4.69) is 43.4 Å². The number of benzene rings is 4. The van der Waals surface area contributed by atoms with Crippen LogP contribution in [0.3, 0.4) is 0 Å². The normalized spacial score (nSPS) is 18.0. The maximum Gasteiger partial charge on any atom is 0.162 e. The van der Waals surface area contributed by atoms with Gasteiger partial charge >= 0.3 is 0 Å². The number of carbonyl (C=O) groups is 1. The molecule has 39 heavy (non-hydrogen) atoms. The molecule has 3 nitrogen and oxygen atoms in total. The van der Waals surface area contributed by atoms with Gasteiger partial charge in [0.2, 0.25) is 0 Å². The van der Waals surface area contributed by atoms with Gasteiger partial charge in [0, 0.05) is 49.4 Å². The third-order valence-electron chi connectivity index (χ3n) is 7.47. The Morgan fingerprint density at radius 2 is 1.67 bits per heavy atom. The Labute approximate surface area is 247 Å². The van der Waals surface area contributed by atoms with E-state index in [1.807, 2.05) is 24.3 Å². The van der Waals surface area contributed by atoms with Crippen LogP contribution in [0.2, 0.25) is 20.1 Å². The zero-order valence-electron chi connectivity index (χ0n) is 21.4. The summed E-state index contributed by atoms with van der Waals surface area (Å²) in [6.07, 6.45) is 1.23. The number of ketones is 1. The van der Waals surface area contributed by atoms with Gasteiger partial charge in [-0.25, -0.2) is 0 Å². The number of fused-ring (bicyclic) bond motifs is 4. The van der Waals surface area contributed by atoms with Gasteiger partial charge in [-0.1, -0.05) is 96.6 Å². The summed E-state index contributed by atoms with van der Waals surface area (Å²) in [5.74, 6) is 0.568. The molecule has 2 aliphatic rings. The molecular weight excluding hydrogens is 572 g/mol. The molecule has 1 unspecified atom stereocenters. The summed E-state index contributed by atoms with van der Waals surface area (Å²) in [5.41, 5.74) is 5.16. The maximum absolute atomic E-state index is 13.9. The molecule has 0 radical (unpaired) electrons. The van der Waals surface area contributed by atoms with Crippen molar-refractivity contribution in [3.63, 3.8) is 0 Å². The Bertz CT molecular complexity index is 1690. The van der Waals surface area contributed by atoms with Crippen LogP contribution in [0.15, 0.2) is 72.3 Å². The highest BCUT2D eigenvalue weighted by molar-refractivity contribution is 6.36.